The summed E-state index contributed by atoms with van der Waals surface area (Å²) in [5, 5.41) is 7.54. The Morgan fingerprint density at radius 1 is 1.28 bits per heavy atom. The van der Waals surface area contributed by atoms with Crippen LogP contribution in [-0.4, -0.2) is 25.0 Å². The Labute approximate surface area is 161 Å². The van der Waals surface area contributed by atoms with E-state index in [-0.39, 0.29) is 0 Å². The van der Waals surface area contributed by atoms with Crippen molar-refractivity contribution in [1.29, 1.82) is 0 Å². The minimum absolute atomic E-state index is 0.460. The molecule has 132 valence electrons. The van der Waals surface area contributed by atoms with Crippen molar-refractivity contribution in [2.24, 2.45) is 5.10 Å². The number of thiocarbonyl (C=S) groups is 1. The van der Waals surface area contributed by atoms with E-state index in [2.05, 4.69) is 31.8 Å². The molecule has 0 amide bonds. The van der Waals surface area contributed by atoms with Crippen molar-refractivity contribution in [3.63, 3.8) is 0 Å². The molecule has 2 aromatic rings. The first-order valence-corrected chi connectivity index (χ1v) is 8.95. The predicted molar refractivity (Wildman–Crippen MR) is 108 cm³/mol. The highest BCUT2D eigenvalue weighted by atomic mass is 79.9. The van der Waals surface area contributed by atoms with E-state index in [1.54, 1.807) is 13.3 Å². The van der Waals surface area contributed by atoms with Crippen LogP contribution in [-0.2, 0) is 6.61 Å². The highest BCUT2D eigenvalue weighted by molar-refractivity contribution is 9.10. The third-order valence-electron chi connectivity index (χ3n) is 3.19. The van der Waals surface area contributed by atoms with E-state index >= 15 is 0 Å². The molecule has 2 aromatic carbocycles. The third-order valence-corrected chi connectivity index (χ3v) is 4.02. The van der Waals surface area contributed by atoms with E-state index < -0.39 is 0 Å². The SMILES string of the molecule is CCNC(=S)NN=Cc1cc(Br)c(OCc2ccccc2)c(OC)c1. The number of nitrogens with zero attached hydrogens (tertiary/aromatic N) is 1. The molecule has 2 rings (SSSR count). The van der Waals surface area contributed by atoms with Gasteiger partial charge in [0.05, 0.1) is 17.8 Å². The summed E-state index contributed by atoms with van der Waals surface area (Å²) in [6.07, 6.45) is 1.66. The van der Waals surface area contributed by atoms with Crippen LogP contribution in [0.25, 0.3) is 0 Å². The second-order valence-electron chi connectivity index (χ2n) is 5.04. The quantitative estimate of drug-likeness (QED) is 0.403. The first kappa shape index (κ1) is 19.2. The van der Waals surface area contributed by atoms with Gasteiger partial charge in [0.25, 0.3) is 0 Å². The largest absolute Gasteiger partial charge is 0.493 e. The number of ether oxygens (including phenoxy) is 2. The van der Waals surface area contributed by atoms with Crippen LogP contribution >= 0.6 is 28.1 Å². The van der Waals surface area contributed by atoms with Crippen LogP contribution < -0.4 is 20.2 Å². The Morgan fingerprint density at radius 3 is 2.72 bits per heavy atom. The summed E-state index contributed by atoms with van der Waals surface area (Å²) in [4.78, 5) is 0. The van der Waals surface area contributed by atoms with Gasteiger partial charge in [-0.05, 0) is 58.3 Å². The van der Waals surface area contributed by atoms with Gasteiger partial charge in [-0.2, -0.15) is 5.10 Å². The van der Waals surface area contributed by atoms with Crippen LogP contribution in [0.4, 0.5) is 0 Å². The average Bonchev–Trinajstić information content (AvgIpc) is 2.61. The average molecular weight is 422 g/mol. The van der Waals surface area contributed by atoms with E-state index in [0.29, 0.717) is 23.2 Å². The normalized spacial score (nSPS) is 10.5. The van der Waals surface area contributed by atoms with Gasteiger partial charge in [-0.25, -0.2) is 0 Å². The van der Waals surface area contributed by atoms with Gasteiger partial charge in [-0.3, -0.25) is 5.43 Å². The summed E-state index contributed by atoms with van der Waals surface area (Å²) in [6, 6.07) is 13.7. The zero-order valence-corrected chi connectivity index (χ0v) is 16.5. The molecule has 0 bridgehead atoms. The molecule has 0 saturated carbocycles. The Bertz CT molecular complexity index is 739. The molecule has 5 nitrogen and oxygen atoms in total. The molecule has 2 N–H and O–H groups in total. The lowest BCUT2D eigenvalue weighted by Crippen LogP contribution is -2.31. The lowest BCUT2D eigenvalue weighted by atomic mass is 10.2. The smallest absolute Gasteiger partial charge is 0.186 e. The van der Waals surface area contributed by atoms with Gasteiger partial charge in [-0.1, -0.05) is 30.3 Å². The number of halogens is 1. The molecule has 25 heavy (non-hydrogen) atoms. The Kier molecular flexibility index (Phi) is 7.69. The molecule has 0 aliphatic heterocycles. The van der Waals surface area contributed by atoms with Crippen LogP contribution in [0.15, 0.2) is 52.0 Å². The van der Waals surface area contributed by atoms with Gasteiger partial charge < -0.3 is 14.8 Å². The third kappa shape index (κ3) is 6.03. The standard InChI is InChI=1S/C18H20BrN3O2S/c1-3-20-18(25)22-21-11-14-9-15(19)17(16(10-14)23-2)24-12-13-7-5-4-6-8-13/h4-11H,3,12H2,1-2H3,(H2,20,22,25). The predicted octanol–water partition coefficient (Wildman–Crippen LogP) is 3.85. The number of hydrogen-bond donors (Lipinski definition) is 2. The topological polar surface area (TPSA) is 54.9 Å². The van der Waals surface area contributed by atoms with Crippen molar-refractivity contribution in [3.05, 3.63) is 58.1 Å². The summed E-state index contributed by atoms with van der Waals surface area (Å²) >= 11 is 8.59. The number of hydrazone groups is 1. The molecule has 0 radical (unpaired) electrons. The molecule has 7 heteroatoms. The molecule has 0 aliphatic rings. The van der Waals surface area contributed by atoms with Gasteiger partial charge >= 0.3 is 0 Å². The van der Waals surface area contributed by atoms with Crippen molar-refractivity contribution in [2.45, 2.75) is 13.5 Å². The lowest BCUT2D eigenvalue weighted by molar-refractivity contribution is 0.282. The van der Waals surface area contributed by atoms with Gasteiger partial charge in [0.15, 0.2) is 16.6 Å². The minimum Gasteiger partial charge on any atom is -0.493 e. The lowest BCUT2D eigenvalue weighted by Gasteiger charge is -2.13. The maximum Gasteiger partial charge on any atom is 0.186 e. The van der Waals surface area contributed by atoms with Gasteiger partial charge in [-0.15, -0.1) is 0 Å². The zero-order chi connectivity index (χ0) is 18.1. The van der Waals surface area contributed by atoms with Crippen LogP contribution in [0.5, 0.6) is 11.5 Å². The van der Waals surface area contributed by atoms with E-state index in [0.717, 1.165) is 22.1 Å². The molecular weight excluding hydrogens is 402 g/mol. The molecule has 0 unspecified atom stereocenters. The molecule has 0 heterocycles. The fraction of sp³-hybridized carbons (Fsp3) is 0.222. The Morgan fingerprint density at radius 2 is 2.04 bits per heavy atom. The molecule has 0 saturated heterocycles. The summed E-state index contributed by atoms with van der Waals surface area (Å²) < 4.78 is 12.1. The van der Waals surface area contributed by atoms with Crippen LogP contribution in [0.1, 0.15) is 18.1 Å². The highest BCUT2D eigenvalue weighted by Gasteiger charge is 2.11. The van der Waals surface area contributed by atoms with E-state index in [9.17, 15) is 0 Å². The number of nitrogens with one attached hydrogen (secondary N) is 2. The van der Waals surface area contributed by atoms with Crippen molar-refractivity contribution >= 4 is 39.5 Å². The number of methoxy groups -OCH3 is 1. The number of hydrogen-bond acceptors (Lipinski definition) is 4. The molecule has 0 aliphatic carbocycles. The van der Waals surface area contributed by atoms with Crippen molar-refractivity contribution < 1.29 is 9.47 Å². The van der Waals surface area contributed by atoms with Gasteiger partial charge in [0, 0.05) is 6.54 Å². The summed E-state index contributed by atoms with van der Waals surface area (Å²) in [5.74, 6) is 1.28. The maximum absolute atomic E-state index is 5.91. The first-order valence-electron chi connectivity index (χ1n) is 7.75. The van der Waals surface area contributed by atoms with E-state index in [1.165, 1.54) is 0 Å². The Balaban J connectivity index is 2.09. The molecule has 0 atom stereocenters. The van der Waals surface area contributed by atoms with Crippen LogP contribution in [0.2, 0.25) is 0 Å². The molecule has 0 aromatic heterocycles. The second-order valence-corrected chi connectivity index (χ2v) is 6.30. The fourth-order valence-corrected chi connectivity index (χ4v) is 2.82. The summed E-state index contributed by atoms with van der Waals surface area (Å²) in [7, 11) is 1.61. The van der Waals surface area contributed by atoms with Gasteiger partial charge in [0.2, 0.25) is 0 Å². The van der Waals surface area contributed by atoms with E-state index in [4.69, 9.17) is 21.7 Å². The fourth-order valence-electron chi connectivity index (χ4n) is 2.05. The van der Waals surface area contributed by atoms with Gasteiger partial charge in [0.1, 0.15) is 6.61 Å². The minimum atomic E-state index is 0.460. The molecule has 0 spiro atoms. The summed E-state index contributed by atoms with van der Waals surface area (Å²) in [5.41, 5.74) is 4.69. The van der Waals surface area contributed by atoms with Crippen molar-refractivity contribution in [3.8, 4) is 11.5 Å². The molecular formula is C18H20BrN3O2S. The molecule has 0 fully saturated rings. The monoisotopic (exact) mass is 421 g/mol. The van der Waals surface area contributed by atoms with Crippen molar-refractivity contribution in [1.82, 2.24) is 10.7 Å². The number of rotatable bonds is 7. The zero-order valence-electron chi connectivity index (χ0n) is 14.1. The van der Waals surface area contributed by atoms with Crippen LogP contribution in [0, 0.1) is 0 Å². The van der Waals surface area contributed by atoms with E-state index in [1.807, 2.05) is 49.4 Å². The van der Waals surface area contributed by atoms with Crippen molar-refractivity contribution in [2.75, 3.05) is 13.7 Å². The summed E-state index contributed by atoms with van der Waals surface area (Å²) in [6.45, 7) is 3.17. The number of benzene rings is 2. The second kappa shape index (κ2) is 10.0. The van der Waals surface area contributed by atoms with Crippen LogP contribution in [0.3, 0.4) is 0 Å². The highest BCUT2D eigenvalue weighted by Crippen LogP contribution is 2.36. The first-order chi connectivity index (χ1) is 12.1. The Hall–Kier alpha value is -2.12. The maximum atomic E-state index is 5.91.